The average Bonchev–Trinajstić information content (AvgIpc) is 2.78. The highest BCUT2D eigenvalue weighted by Crippen LogP contribution is 2.41. The van der Waals surface area contributed by atoms with Crippen molar-refractivity contribution in [1.29, 1.82) is 0 Å². The van der Waals surface area contributed by atoms with Crippen molar-refractivity contribution >= 4 is 5.91 Å². The lowest BCUT2D eigenvalue weighted by molar-refractivity contribution is 0.0461. The van der Waals surface area contributed by atoms with E-state index in [9.17, 15) is 14.3 Å². The summed E-state index contributed by atoms with van der Waals surface area (Å²) in [6.45, 7) is 1.96. The minimum absolute atomic E-state index is 0.0271. The number of aliphatic hydroxyl groups is 1. The largest absolute Gasteiger partial charge is 0.493 e. The van der Waals surface area contributed by atoms with E-state index in [0.29, 0.717) is 67.5 Å². The van der Waals surface area contributed by atoms with E-state index in [1.165, 1.54) is 19.2 Å². The molecule has 2 aromatic rings. The summed E-state index contributed by atoms with van der Waals surface area (Å²) in [6.07, 6.45) is 0.681. The Balaban J connectivity index is 1.43. The zero-order chi connectivity index (χ0) is 20.4. The van der Waals surface area contributed by atoms with E-state index < -0.39 is 6.10 Å². The second kappa shape index (κ2) is 8.29. The molecular formula is C22H24FNO5. The Morgan fingerprint density at radius 3 is 2.55 bits per heavy atom. The smallest absolute Gasteiger partial charge is 0.254 e. The number of carbonyl (C=O) groups is 1. The molecule has 1 amide bonds. The topological polar surface area (TPSA) is 68.2 Å². The monoisotopic (exact) mass is 401 g/mol. The molecule has 2 aliphatic heterocycles. The van der Waals surface area contributed by atoms with Crippen LogP contribution in [0.5, 0.6) is 17.2 Å². The fourth-order valence-corrected chi connectivity index (χ4v) is 3.93. The van der Waals surface area contributed by atoms with E-state index in [2.05, 4.69) is 0 Å². The molecule has 1 saturated heterocycles. The van der Waals surface area contributed by atoms with E-state index in [-0.39, 0.29) is 17.6 Å². The Bertz CT molecular complexity index is 860. The van der Waals surface area contributed by atoms with Gasteiger partial charge in [0.15, 0.2) is 11.5 Å². The van der Waals surface area contributed by atoms with Gasteiger partial charge in [0.1, 0.15) is 19.0 Å². The number of likely N-dealkylation sites (tertiary alicyclic amines) is 1. The quantitative estimate of drug-likeness (QED) is 0.852. The van der Waals surface area contributed by atoms with Gasteiger partial charge >= 0.3 is 0 Å². The van der Waals surface area contributed by atoms with Gasteiger partial charge in [-0.15, -0.1) is 0 Å². The van der Waals surface area contributed by atoms with Gasteiger partial charge in [0.05, 0.1) is 13.2 Å². The number of rotatable bonds is 4. The fraction of sp³-hybridized carbons (Fsp3) is 0.409. The highest BCUT2D eigenvalue weighted by molar-refractivity contribution is 5.95. The zero-order valence-electron chi connectivity index (χ0n) is 16.3. The number of fused-ring (bicyclic) bond motifs is 1. The first-order valence-electron chi connectivity index (χ1n) is 9.77. The van der Waals surface area contributed by atoms with Gasteiger partial charge in [0, 0.05) is 18.7 Å². The lowest BCUT2D eigenvalue weighted by Gasteiger charge is -2.34. The predicted octanol–water partition coefficient (Wildman–Crippen LogP) is 3.19. The lowest BCUT2D eigenvalue weighted by atomic mass is 9.87. The standard InChI is InChI=1S/C22H24FNO5/c1-27-18-12-16(13-19-21(18)29-11-10-28-19)22(26)24-8-6-15(7-9-24)20(25)14-2-4-17(23)5-3-14/h2-5,12-13,15,20,25H,6-11H2,1H3/t20-/m1/s1. The van der Waals surface area contributed by atoms with Crippen molar-refractivity contribution in [3.05, 3.63) is 53.3 Å². The molecule has 4 rings (SSSR count). The van der Waals surface area contributed by atoms with Crippen molar-refractivity contribution in [3.63, 3.8) is 0 Å². The minimum Gasteiger partial charge on any atom is -0.493 e. The van der Waals surface area contributed by atoms with Crippen LogP contribution in [0.25, 0.3) is 0 Å². The first-order valence-corrected chi connectivity index (χ1v) is 9.77. The maximum Gasteiger partial charge on any atom is 0.254 e. The van der Waals surface area contributed by atoms with Gasteiger partial charge in [0.2, 0.25) is 5.75 Å². The average molecular weight is 401 g/mol. The SMILES string of the molecule is COc1cc(C(=O)N2CCC([C@H](O)c3ccc(F)cc3)CC2)cc2c1OCCO2. The number of benzene rings is 2. The number of hydrogen-bond acceptors (Lipinski definition) is 5. The number of halogens is 1. The van der Waals surface area contributed by atoms with Crippen molar-refractivity contribution in [3.8, 4) is 17.2 Å². The summed E-state index contributed by atoms with van der Waals surface area (Å²) in [4.78, 5) is 14.8. The zero-order valence-corrected chi connectivity index (χ0v) is 16.3. The highest BCUT2D eigenvalue weighted by Gasteiger charge is 2.30. The van der Waals surface area contributed by atoms with Crippen molar-refractivity contribution in [1.82, 2.24) is 4.90 Å². The van der Waals surface area contributed by atoms with Crippen LogP contribution in [0.3, 0.4) is 0 Å². The Morgan fingerprint density at radius 1 is 1.17 bits per heavy atom. The fourth-order valence-electron chi connectivity index (χ4n) is 3.93. The van der Waals surface area contributed by atoms with Crippen LogP contribution in [-0.2, 0) is 0 Å². The number of methoxy groups -OCH3 is 1. The Labute approximate surface area is 168 Å². The molecule has 1 fully saturated rings. The van der Waals surface area contributed by atoms with Gasteiger partial charge in [-0.2, -0.15) is 0 Å². The van der Waals surface area contributed by atoms with Gasteiger partial charge in [-0.25, -0.2) is 4.39 Å². The molecule has 0 radical (unpaired) electrons. The molecule has 0 bridgehead atoms. The Hall–Kier alpha value is -2.80. The van der Waals surface area contributed by atoms with Crippen molar-refractivity contribution < 1.29 is 28.5 Å². The molecule has 154 valence electrons. The molecule has 1 atom stereocenters. The number of amides is 1. The molecule has 2 aromatic carbocycles. The third-order valence-electron chi connectivity index (χ3n) is 5.56. The van der Waals surface area contributed by atoms with Crippen LogP contribution in [0.4, 0.5) is 4.39 Å². The van der Waals surface area contributed by atoms with Crippen LogP contribution < -0.4 is 14.2 Å². The highest BCUT2D eigenvalue weighted by atomic mass is 19.1. The third-order valence-corrected chi connectivity index (χ3v) is 5.56. The van der Waals surface area contributed by atoms with Crippen molar-refractivity contribution in [2.75, 3.05) is 33.4 Å². The molecule has 1 N–H and O–H groups in total. The molecule has 29 heavy (non-hydrogen) atoms. The summed E-state index contributed by atoms with van der Waals surface area (Å²) in [5.41, 5.74) is 1.19. The van der Waals surface area contributed by atoms with E-state index in [1.54, 1.807) is 29.2 Å². The maximum absolute atomic E-state index is 13.1. The molecular weight excluding hydrogens is 377 g/mol. The van der Waals surface area contributed by atoms with Crippen LogP contribution in [-0.4, -0.2) is 49.3 Å². The van der Waals surface area contributed by atoms with Crippen molar-refractivity contribution in [2.45, 2.75) is 18.9 Å². The molecule has 2 heterocycles. The van der Waals surface area contributed by atoms with Crippen molar-refractivity contribution in [2.24, 2.45) is 5.92 Å². The first-order chi connectivity index (χ1) is 14.1. The summed E-state index contributed by atoms with van der Waals surface area (Å²) in [6, 6.07) is 9.30. The van der Waals surface area contributed by atoms with Crippen LogP contribution in [0.2, 0.25) is 0 Å². The van der Waals surface area contributed by atoms with Gasteiger partial charge in [0.25, 0.3) is 5.91 Å². The number of piperidine rings is 1. The second-order valence-corrected chi connectivity index (χ2v) is 7.33. The normalized spacial score (nSPS) is 17.7. The van der Waals surface area contributed by atoms with Gasteiger partial charge in [-0.3, -0.25) is 4.79 Å². The molecule has 0 unspecified atom stereocenters. The maximum atomic E-state index is 13.1. The first kappa shape index (κ1) is 19.5. The Kier molecular flexibility index (Phi) is 5.58. The number of carbonyl (C=O) groups excluding carboxylic acids is 1. The molecule has 0 aliphatic carbocycles. The van der Waals surface area contributed by atoms with Gasteiger partial charge in [-0.1, -0.05) is 12.1 Å². The molecule has 6 nitrogen and oxygen atoms in total. The van der Waals surface area contributed by atoms with Crippen LogP contribution >= 0.6 is 0 Å². The number of aliphatic hydroxyl groups excluding tert-OH is 1. The van der Waals surface area contributed by atoms with E-state index in [4.69, 9.17) is 14.2 Å². The molecule has 0 saturated carbocycles. The van der Waals surface area contributed by atoms with Gasteiger partial charge < -0.3 is 24.2 Å². The van der Waals surface area contributed by atoms with Crippen LogP contribution in [0.15, 0.2) is 36.4 Å². The molecule has 0 aromatic heterocycles. The summed E-state index contributed by atoms with van der Waals surface area (Å²) in [5.74, 6) is 1.12. The summed E-state index contributed by atoms with van der Waals surface area (Å²) in [5, 5.41) is 10.6. The minimum atomic E-state index is -0.665. The molecule has 2 aliphatic rings. The van der Waals surface area contributed by atoms with E-state index in [0.717, 1.165) is 0 Å². The third kappa shape index (κ3) is 4.00. The summed E-state index contributed by atoms with van der Waals surface area (Å²) >= 11 is 0. The van der Waals surface area contributed by atoms with Crippen LogP contribution in [0, 0.1) is 11.7 Å². The van der Waals surface area contributed by atoms with Crippen LogP contribution in [0.1, 0.15) is 34.9 Å². The Morgan fingerprint density at radius 2 is 1.86 bits per heavy atom. The number of nitrogens with zero attached hydrogens (tertiary/aromatic N) is 1. The number of hydrogen-bond donors (Lipinski definition) is 1. The lowest BCUT2D eigenvalue weighted by Crippen LogP contribution is -2.39. The molecule has 0 spiro atoms. The van der Waals surface area contributed by atoms with E-state index >= 15 is 0 Å². The van der Waals surface area contributed by atoms with E-state index in [1.807, 2.05) is 0 Å². The number of ether oxygens (including phenoxy) is 3. The predicted molar refractivity (Wildman–Crippen MR) is 104 cm³/mol. The second-order valence-electron chi connectivity index (χ2n) is 7.33. The molecule has 7 heteroatoms. The summed E-state index contributed by atoms with van der Waals surface area (Å²) in [7, 11) is 1.53. The summed E-state index contributed by atoms with van der Waals surface area (Å²) < 4.78 is 29.7. The van der Waals surface area contributed by atoms with Gasteiger partial charge in [-0.05, 0) is 48.6 Å².